The third kappa shape index (κ3) is 5.32. The fourth-order valence-electron chi connectivity index (χ4n) is 5.37. The van der Waals surface area contributed by atoms with Gasteiger partial charge in [-0.25, -0.2) is 4.79 Å². The van der Waals surface area contributed by atoms with Crippen molar-refractivity contribution in [1.82, 2.24) is 30.2 Å². The van der Waals surface area contributed by atoms with Crippen LogP contribution in [0.5, 0.6) is 0 Å². The highest BCUT2D eigenvalue weighted by Gasteiger charge is 2.48. The van der Waals surface area contributed by atoms with Crippen molar-refractivity contribution < 1.29 is 29.1 Å². The van der Waals surface area contributed by atoms with Gasteiger partial charge in [-0.2, -0.15) is 5.10 Å². The summed E-state index contributed by atoms with van der Waals surface area (Å²) in [6.45, 7) is 1.39. The Hall–Kier alpha value is -3.45. The van der Waals surface area contributed by atoms with Crippen LogP contribution >= 0.6 is 22.9 Å². The number of imide groups is 1. The number of piperidine rings is 1. The molecule has 3 N–H and O–H groups in total. The molecule has 3 aliphatic heterocycles. The zero-order valence-corrected chi connectivity index (χ0v) is 21.7. The van der Waals surface area contributed by atoms with Crippen LogP contribution in [0.2, 0.25) is 4.34 Å². The van der Waals surface area contributed by atoms with Crippen LogP contribution in [0.1, 0.15) is 41.8 Å². The Balaban J connectivity index is 0.00000102. The topological polar surface area (TPSA) is 154 Å². The van der Waals surface area contributed by atoms with E-state index in [0.717, 1.165) is 36.9 Å². The molecule has 12 nitrogen and oxygen atoms in total. The van der Waals surface area contributed by atoms with Crippen LogP contribution in [0, 0.1) is 0 Å². The fourth-order valence-corrected chi connectivity index (χ4v) is 6.63. The second-order valence-corrected chi connectivity index (χ2v) is 10.8. The molecule has 198 valence electrons. The minimum atomic E-state index is -0.849. The molecule has 14 heteroatoms. The molecular weight excluding hydrogens is 524 g/mol. The fraction of sp³-hybridized carbons (Fsp3) is 0.478. The SMILES string of the molecule is Cn1nccc1-c1cc(C(=O)N2CCCC3(CCCN3C(=O)CC3NC(=O)NC3=O)C2)sc1Cl.O=CO. The van der Waals surface area contributed by atoms with E-state index >= 15 is 0 Å². The van der Waals surface area contributed by atoms with E-state index in [4.69, 9.17) is 21.5 Å². The smallest absolute Gasteiger partial charge is 0.322 e. The number of nitrogens with one attached hydrogen (secondary N) is 2. The minimum absolute atomic E-state index is 0.0815. The first-order valence-electron chi connectivity index (χ1n) is 11.8. The molecule has 2 unspecified atom stereocenters. The van der Waals surface area contributed by atoms with Crippen molar-refractivity contribution in [3.8, 4) is 11.3 Å². The maximum absolute atomic E-state index is 13.4. The standard InChI is InChI=1S/C22H25ClN6O4S.CH2O2/c1-27-15(4-7-24-27)13-10-16(34-18(13)23)20(32)28-8-2-5-22(12-28)6-3-9-29(22)17(30)11-14-19(31)26-21(33)25-14;2-1-3/h4,7,10,14H,2-3,5-6,8-9,11-12H2,1H3,(H2,25,26,31,33);1H,(H,2,3). The summed E-state index contributed by atoms with van der Waals surface area (Å²) < 4.78 is 2.25. The summed E-state index contributed by atoms with van der Waals surface area (Å²) >= 11 is 7.72. The quantitative estimate of drug-likeness (QED) is 0.386. The number of aryl methyl sites for hydroxylation is 1. The van der Waals surface area contributed by atoms with Crippen molar-refractivity contribution in [2.24, 2.45) is 7.05 Å². The number of carboxylic acid groups (broad SMARTS) is 1. The predicted molar refractivity (Wildman–Crippen MR) is 134 cm³/mol. The van der Waals surface area contributed by atoms with E-state index in [0.29, 0.717) is 28.8 Å². The van der Waals surface area contributed by atoms with Crippen molar-refractivity contribution >= 4 is 53.2 Å². The van der Waals surface area contributed by atoms with Gasteiger partial charge in [0, 0.05) is 38.4 Å². The molecule has 2 aromatic heterocycles. The Morgan fingerprint density at radius 2 is 2.00 bits per heavy atom. The van der Waals surface area contributed by atoms with Crippen LogP contribution in [0.4, 0.5) is 4.79 Å². The lowest BCUT2D eigenvalue weighted by Crippen LogP contribution is -2.59. The number of hydrogen-bond acceptors (Lipinski definition) is 7. The molecule has 5 rings (SSSR count). The van der Waals surface area contributed by atoms with E-state index in [-0.39, 0.29) is 24.7 Å². The molecule has 0 bridgehead atoms. The van der Waals surface area contributed by atoms with Crippen molar-refractivity contribution in [2.75, 3.05) is 19.6 Å². The van der Waals surface area contributed by atoms with Crippen molar-refractivity contribution in [2.45, 2.75) is 43.7 Å². The maximum atomic E-state index is 13.4. The highest BCUT2D eigenvalue weighted by molar-refractivity contribution is 7.18. The third-order valence-electron chi connectivity index (χ3n) is 6.97. The summed E-state index contributed by atoms with van der Waals surface area (Å²) in [5, 5.41) is 15.7. The van der Waals surface area contributed by atoms with Gasteiger partial charge in [0.2, 0.25) is 5.91 Å². The number of urea groups is 1. The first-order chi connectivity index (χ1) is 17.7. The third-order valence-corrected chi connectivity index (χ3v) is 8.32. The maximum Gasteiger partial charge on any atom is 0.322 e. The molecule has 3 aliphatic rings. The summed E-state index contributed by atoms with van der Waals surface area (Å²) in [6, 6.07) is 2.24. The van der Waals surface area contributed by atoms with Gasteiger partial charge in [-0.05, 0) is 37.8 Å². The van der Waals surface area contributed by atoms with Crippen LogP contribution in [-0.4, -0.2) is 86.1 Å². The molecular formula is C23H27ClN6O6S. The van der Waals surface area contributed by atoms with Crippen LogP contribution in [0.25, 0.3) is 11.3 Å². The molecule has 2 aromatic rings. The Morgan fingerprint density at radius 3 is 2.62 bits per heavy atom. The van der Waals surface area contributed by atoms with E-state index in [1.165, 1.54) is 11.3 Å². The van der Waals surface area contributed by atoms with Gasteiger partial charge in [0.15, 0.2) is 0 Å². The number of amides is 5. The second kappa shape index (κ2) is 10.9. The number of likely N-dealkylation sites (tertiary alicyclic amines) is 2. The number of nitrogens with zero attached hydrogens (tertiary/aromatic N) is 4. The lowest BCUT2D eigenvalue weighted by molar-refractivity contribution is -0.139. The number of rotatable bonds is 4. The van der Waals surface area contributed by atoms with Crippen LogP contribution in [-0.2, 0) is 21.4 Å². The van der Waals surface area contributed by atoms with Gasteiger partial charge in [0.05, 0.1) is 22.5 Å². The number of halogens is 1. The first-order valence-corrected chi connectivity index (χ1v) is 12.9. The first kappa shape index (κ1) is 26.6. The number of aromatic nitrogens is 2. The molecule has 37 heavy (non-hydrogen) atoms. The average Bonchev–Trinajstić information content (AvgIpc) is 3.62. The van der Waals surface area contributed by atoms with E-state index < -0.39 is 23.5 Å². The molecule has 5 amide bonds. The summed E-state index contributed by atoms with van der Waals surface area (Å²) in [4.78, 5) is 62.5. The molecule has 0 aromatic carbocycles. The number of thiophene rings is 1. The van der Waals surface area contributed by atoms with E-state index in [9.17, 15) is 19.2 Å². The monoisotopic (exact) mass is 550 g/mol. The summed E-state index contributed by atoms with van der Waals surface area (Å²) in [5.41, 5.74) is 1.16. The van der Waals surface area contributed by atoms with Gasteiger partial charge in [0.25, 0.3) is 18.3 Å². The lowest BCUT2D eigenvalue weighted by atomic mass is 9.86. The Labute approximate surface area is 221 Å². The highest BCUT2D eigenvalue weighted by atomic mass is 35.5. The molecule has 0 aliphatic carbocycles. The van der Waals surface area contributed by atoms with Crippen LogP contribution in [0.15, 0.2) is 18.3 Å². The molecule has 5 heterocycles. The average molecular weight is 551 g/mol. The molecule has 3 fully saturated rings. The van der Waals surface area contributed by atoms with Gasteiger partial charge in [-0.1, -0.05) is 11.6 Å². The second-order valence-electron chi connectivity index (χ2n) is 9.17. The largest absolute Gasteiger partial charge is 0.483 e. The molecule has 2 atom stereocenters. The van der Waals surface area contributed by atoms with Crippen molar-refractivity contribution in [3.63, 3.8) is 0 Å². The molecule has 1 spiro atoms. The predicted octanol–water partition coefficient (Wildman–Crippen LogP) is 1.70. The number of hydrogen-bond donors (Lipinski definition) is 3. The number of carbonyl (C=O) groups excluding carboxylic acids is 4. The zero-order chi connectivity index (χ0) is 26.7. The summed E-state index contributed by atoms with van der Waals surface area (Å²) in [6.07, 6.45) is 4.83. The number of carbonyl (C=O) groups is 5. The molecule has 3 saturated heterocycles. The molecule has 0 radical (unpaired) electrons. The summed E-state index contributed by atoms with van der Waals surface area (Å²) in [5.74, 6) is -0.751. The normalized spacial score (nSPS) is 22.9. The van der Waals surface area contributed by atoms with E-state index in [1.54, 1.807) is 10.9 Å². The van der Waals surface area contributed by atoms with Crippen molar-refractivity contribution in [3.05, 3.63) is 27.5 Å². The Bertz CT molecular complexity index is 1230. The minimum Gasteiger partial charge on any atom is -0.483 e. The highest BCUT2D eigenvalue weighted by Crippen LogP contribution is 2.40. The molecule has 0 saturated carbocycles. The van der Waals surface area contributed by atoms with Gasteiger partial charge in [-0.3, -0.25) is 29.2 Å². The van der Waals surface area contributed by atoms with Gasteiger partial charge >= 0.3 is 6.03 Å². The van der Waals surface area contributed by atoms with Gasteiger partial charge in [0.1, 0.15) is 10.4 Å². The summed E-state index contributed by atoms with van der Waals surface area (Å²) in [7, 11) is 1.82. The van der Waals surface area contributed by atoms with Gasteiger partial charge in [-0.15, -0.1) is 11.3 Å². The van der Waals surface area contributed by atoms with Crippen LogP contribution in [0.3, 0.4) is 0 Å². The van der Waals surface area contributed by atoms with Crippen molar-refractivity contribution in [1.29, 1.82) is 0 Å². The Morgan fingerprint density at radius 1 is 1.30 bits per heavy atom. The van der Waals surface area contributed by atoms with Gasteiger partial charge < -0.3 is 20.2 Å². The lowest BCUT2D eigenvalue weighted by Gasteiger charge is -2.46. The van der Waals surface area contributed by atoms with E-state index in [2.05, 4.69) is 15.7 Å². The Kier molecular flexibility index (Phi) is 7.83. The zero-order valence-electron chi connectivity index (χ0n) is 20.1. The van der Waals surface area contributed by atoms with Crippen LogP contribution < -0.4 is 10.6 Å². The van der Waals surface area contributed by atoms with E-state index in [1.807, 2.05) is 29.0 Å².